The first kappa shape index (κ1) is 12.6. The van der Waals surface area contributed by atoms with Crippen molar-refractivity contribution in [1.29, 1.82) is 0 Å². The van der Waals surface area contributed by atoms with E-state index in [0.717, 1.165) is 11.1 Å². The van der Waals surface area contributed by atoms with Crippen LogP contribution >= 0.6 is 12.4 Å². The van der Waals surface area contributed by atoms with E-state index in [1.807, 2.05) is 24.5 Å². The maximum atomic E-state index is 5.44. The second-order valence-corrected chi connectivity index (χ2v) is 3.46. The minimum atomic E-state index is 0. The standard InChI is InChI=1S/C12H13N3.ClH/c1-9-3-2-4-10(5-9)11-7-14-12(6-13)15-8-11;/h2-5,7-8H,6,13H2,1H3;1H. The lowest BCUT2D eigenvalue weighted by Gasteiger charge is -2.02. The van der Waals surface area contributed by atoms with E-state index in [2.05, 4.69) is 29.0 Å². The van der Waals surface area contributed by atoms with Crippen molar-refractivity contribution in [3.63, 3.8) is 0 Å². The predicted molar refractivity (Wildman–Crippen MR) is 67.3 cm³/mol. The lowest BCUT2D eigenvalue weighted by Crippen LogP contribution is -2.02. The Morgan fingerprint density at radius 2 is 1.81 bits per heavy atom. The Morgan fingerprint density at radius 1 is 1.12 bits per heavy atom. The molecule has 4 heteroatoms. The van der Waals surface area contributed by atoms with Gasteiger partial charge in [-0.15, -0.1) is 12.4 Å². The van der Waals surface area contributed by atoms with Gasteiger partial charge in [-0.05, 0) is 12.5 Å². The monoisotopic (exact) mass is 235 g/mol. The number of aryl methyl sites for hydroxylation is 1. The van der Waals surface area contributed by atoms with E-state index in [9.17, 15) is 0 Å². The van der Waals surface area contributed by atoms with Gasteiger partial charge in [0, 0.05) is 18.0 Å². The minimum absolute atomic E-state index is 0. The van der Waals surface area contributed by atoms with Crippen LogP contribution in [0.5, 0.6) is 0 Å². The molecule has 0 saturated carbocycles. The molecule has 0 aliphatic rings. The Bertz CT molecular complexity index is 454. The molecule has 0 radical (unpaired) electrons. The van der Waals surface area contributed by atoms with Gasteiger partial charge >= 0.3 is 0 Å². The molecule has 1 aromatic carbocycles. The summed E-state index contributed by atoms with van der Waals surface area (Å²) < 4.78 is 0. The van der Waals surface area contributed by atoms with Crippen molar-refractivity contribution in [2.45, 2.75) is 13.5 Å². The predicted octanol–water partition coefficient (Wildman–Crippen LogP) is 2.33. The summed E-state index contributed by atoms with van der Waals surface area (Å²) in [6.07, 6.45) is 3.62. The second kappa shape index (κ2) is 5.58. The lowest BCUT2D eigenvalue weighted by molar-refractivity contribution is 0.910. The fourth-order valence-electron chi connectivity index (χ4n) is 1.43. The largest absolute Gasteiger partial charge is 0.324 e. The zero-order chi connectivity index (χ0) is 10.7. The molecule has 2 N–H and O–H groups in total. The molecule has 16 heavy (non-hydrogen) atoms. The fraction of sp³-hybridized carbons (Fsp3) is 0.167. The van der Waals surface area contributed by atoms with Gasteiger partial charge in [-0.1, -0.05) is 29.8 Å². The third kappa shape index (κ3) is 2.78. The van der Waals surface area contributed by atoms with Crippen LogP contribution in [-0.2, 0) is 6.54 Å². The molecule has 0 aliphatic carbocycles. The molecule has 84 valence electrons. The van der Waals surface area contributed by atoms with Gasteiger partial charge in [0.05, 0.1) is 6.54 Å². The van der Waals surface area contributed by atoms with E-state index in [1.165, 1.54) is 5.56 Å². The zero-order valence-electron chi connectivity index (χ0n) is 9.05. The number of halogens is 1. The highest BCUT2D eigenvalue weighted by atomic mass is 35.5. The van der Waals surface area contributed by atoms with Crippen molar-refractivity contribution < 1.29 is 0 Å². The number of nitrogens with two attached hydrogens (primary N) is 1. The summed E-state index contributed by atoms with van der Waals surface area (Å²) in [5.41, 5.74) is 8.83. The fourth-order valence-corrected chi connectivity index (χ4v) is 1.43. The molecule has 0 saturated heterocycles. The van der Waals surface area contributed by atoms with Gasteiger partial charge in [-0.2, -0.15) is 0 Å². The van der Waals surface area contributed by atoms with E-state index in [1.54, 1.807) is 0 Å². The topological polar surface area (TPSA) is 51.8 Å². The molecule has 3 nitrogen and oxygen atoms in total. The van der Waals surface area contributed by atoms with E-state index >= 15 is 0 Å². The summed E-state index contributed by atoms with van der Waals surface area (Å²) in [6.45, 7) is 2.45. The molecular formula is C12H14ClN3. The van der Waals surface area contributed by atoms with E-state index in [0.29, 0.717) is 12.4 Å². The van der Waals surface area contributed by atoms with Crippen LogP contribution in [0.3, 0.4) is 0 Å². The lowest BCUT2D eigenvalue weighted by atomic mass is 10.1. The number of hydrogen-bond donors (Lipinski definition) is 1. The summed E-state index contributed by atoms with van der Waals surface area (Å²) in [5.74, 6) is 0.673. The molecule has 0 fully saturated rings. The first-order valence-corrected chi connectivity index (χ1v) is 4.87. The van der Waals surface area contributed by atoms with Gasteiger partial charge in [0.2, 0.25) is 0 Å². The number of benzene rings is 1. The smallest absolute Gasteiger partial charge is 0.141 e. The Morgan fingerprint density at radius 3 is 2.38 bits per heavy atom. The summed E-state index contributed by atoms with van der Waals surface area (Å²) >= 11 is 0. The zero-order valence-corrected chi connectivity index (χ0v) is 9.87. The highest BCUT2D eigenvalue weighted by Crippen LogP contribution is 2.18. The average Bonchev–Trinajstić information content (AvgIpc) is 2.29. The molecule has 0 aliphatic heterocycles. The van der Waals surface area contributed by atoms with Crippen LogP contribution in [0.1, 0.15) is 11.4 Å². The van der Waals surface area contributed by atoms with Crippen LogP contribution in [0.15, 0.2) is 36.7 Å². The number of aromatic nitrogens is 2. The summed E-state index contributed by atoms with van der Waals surface area (Å²) in [6, 6.07) is 8.26. The molecule has 0 amide bonds. The summed E-state index contributed by atoms with van der Waals surface area (Å²) in [7, 11) is 0. The molecule has 2 aromatic rings. The van der Waals surface area contributed by atoms with E-state index < -0.39 is 0 Å². The van der Waals surface area contributed by atoms with Crippen molar-refractivity contribution in [2.75, 3.05) is 0 Å². The normalized spacial score (nSPS) is 9.62. The maximum Gasteiger partial charge on any atom is 0.141 e. The van der Waals surface area contributed by atoms with Gasteiger partial charge < -0.3 is 5.73 Å². The van der Waals surface area contributed by atoms with E-state index in [4.69, 9.17) is 5.73 Å². The van der Waals surface area contributed by atoms with Crippen LogP contribution in [0.2, 0.25) is 0 Å². The van der Waals surface area contributed by atoms with Crippen molar-refractivity contribution in [3.05, 3.63) is 48.0 Å². The molecular weight excluding hydrogens is 222 g/mol. The van der Waals surface area contributed by atoms with Crippen molar-refractivity contribution in [2.24, 2.45) is 5.73 Å². The highest BCUT2D eigenvalue weighted by molar-refractivity contribution is 5.85. The Labute approximate surface area is 101 Å². The number of rotatable bonds is 2. The molecule has 2 rings (SSSR count). The van der Waals surface area contributed by atoms with Crippen molar-refractivity contribution >= 4 is 12.4 Å². The number of nitrogens with zero attached hydrogens (tertiary/aromatic N) is 2. The van der Waals surface area contributed by atoms with Crippen LogP contribution in [0.25, 0.3) is 11.1 Å². The van der Waals surface area contributed by atoms with Crippen molar-refractivity contribution in [1.82, 2.24) is 9.97 Å². The Balaban J connectivity index is 0.00000128. The first-order chi connectivity index (χ1) is 7.29. The third-order valence-corrected chi connectivity index (χ3v) is 2.24. The van der Waals surface area contributed by atoms with Crippen LogP contribution in [0, 0.1) is 6.92 Å². The SMILES string of the molecule is Cc1cccc(-c2cnc(CN)nc2)c1.Cl. The van der Waals surface area contributed by atoms with Crippen LogP contribution in [0.4, 0.5) is 0 Å². The summed E-state index contributed by atoms with van der Waals surface area (Å²) in [4.78, 5) is 8.33. The minimum Gasteiger partial charge on any atom is -0.324 e. The number of hydrogen-bond acceptors (Lipinski definition) is 3. The average molecular weight is 236 g/mol. The highest BCUT2D eigenvalue weighted by Gasteiger charge is 1.99. The molecule has 1 aromatic heterocycles. The van der Waals surface area contributed by atoms with Gasteiger partial charge in [0.15, 0.2) is 0 Å². The molecule has 0 unspecified atom stereocenters. The van der Waals surface area contributed by atoms with Crippen molar-refractivity contribution in [3.8, 4) is 11.1 Å². The van der Waals surface area contributed by atoms with E-state index in [-0.39, 0.29) is 12.4 Å². The third-order valence-electron chi connectivity index (χ3n) is 2.24. The maximum absolute atomic E-state index is 5.44. The molecule has 1 heterocycles. The van der Waals surface area contributed by atoms with Gasteiger partial charge in [-0.3, -0.25) is 0 Å². The van der Waals surface area contributed by atoms with Gasteiger partial charge in [-0.25, -0.2) is 9.97 Å². The van der Waals surface area contributed by atoms with Crippen LogP contribution < -0.4 is 5.73 Å². The van der Waals surface area contributed by atoms with Gasteiger partial charge in [0.1, 0.15) is 5.82 Å². The van der Waals surface area contributed by atoms with Crippen LogP contribution in [-0.4, -0.2) is 9.97 Å². The molecule has 0 atom stereocenters. The molecule has 0 bridgehead atoms. The quantitative estimate of drug-likeness (QED) is 0.869. The first-order valence-electron chi connectivity index (χ1n) is 4.87. The Kier molecular flexibility index (Phi) is 4.40. The second-order valence-electron chi connectivity index (χ2n) is 3.46. The molecule has 0 spiro atoms. The van der Waals surface area contributed by atoms with Gasteiger partial charge in [0.25, 0.3) is 0 Å². The Hall–Kier alpha value is -1.45. The summed E-state index contributed by atoms with van der Waals surface area (Å²) in [5, 5.41) is 0.